The van der Waals surface area contributed by atoms with Gasteiger partial charge in [-0.15, -0.1) is 0 Å². The molecule has 0 saturated heterocycles. The molecular weight excluding hydrogens is 280 g/mol. The van der Waals surface area contributed by atoms with Crippen LogP contribution in [0, 0.1) is 5.82 Å². The van der Waals surface area contributed by atoms with E-state index in [1.165, 1.54) is 7.11 Å². The quantitative estimate of drug-likeness (QED) is 0.507. The number of halogens is 4. The summed E-state index contributed by atoms with van der Waals surface area (Å²) in [6, 6.07) is 2.00. The highest BCUT2D eigenvalue weighted by Crippen LogP contribution is 2.29. The first-order chi connectivity index (χ1) is 9.15. The van der Waals surface area contributed by atoms with Crippen molar-refractivity contribution in [2.24, 2.45) is 0 Å². The number of carbonyl (C=O) groups excluding carboxylic acids is 1. The Bertz CT molecular complexity index is 541. The summed E-state index contributed by atoms with van der Waals surface area (Å²) in [5.41, 5.74) is 4.68. The molecule has 20 heavy (non-hydrogen) atoms. The van der Waals surface area contributed by atoms with Crippen LogP contribution in [-0.4, -0.2) is 25.7 Å². The van der Waals surface area contributed by atoms with Crippen LogP contribution in [0.1, 0.15) is 5.56 Å². The summed E-state index contributed by atoms with van der Waals surface area (Å²) >= 11 is 0. The molecule has 0 aliphatic heterocycles. The van der Waals surface area contributed by atoms with Crippen molar-refractivity contribution in [3.63, 3.8) is 0 Å². The second-order valence-electron chi connectivity index (χ2n) is 3.85. The smallest absolute Gasteiger partial charge is 0.405 e. The van der Waals surface area contributed by atoms with Crippen LogP contribution in [0.3, 0.4) is 0 Å². The van der Waals surface area contributed by atoms with Gasteiger partial charge < -0.3 is 15.8 Å². The molecular formula is C12H12F4N2O2. The molecule has 0 aliphatic rings. The topological polar surface area (TPSA) is 64.4 Å². The van der Waals surface area contributed by atoms with E-state index < -0.39 is 24.4 Å². The number of hydrogen-bond donors (Lipinski definition) is 2. The average molecular weight is 292 g/mol. The number of rotatable bonds is 4. The number of nitrogen functional groups attached to an aromatic ring is 1. The first-order valence-corrected chi connectivity index (χ1v) is 5.33. The summed E-state index contributed by atoms with van der Waals surface area (Å²) in [4.78, 5) is 11.5. The van der Waals surface area contributed by atoms with Crippen LogP contribution in [-0.2, 0) is 4.79 Å². The van der Waals surface area contributed by atoms with Crippen LogP contribution in [0.5, 0.6) is 5.75 Å². The largest absolute Gasteiger partial charge is 0.496 e. The Kier molecular flexibility index (Phi) is 4.59. The van der Waals surface area contributed by atoms with Crippen molar-refractivity contribution in [2.45, 2.75) is 6.18 Å². The standard InChI is InChI=1S/C12H12F4N2O2/c1-6(11(19)18-5-12(14,15)16)7-3-8(13)9(17)4-10(7)20-2/h3-4H,1,5,17H2,2H3,(H,18,19). The number of benzene rings is 1. The van der Waals surface area contributed by atoms with E-state index in [2.05, 4.69) is 6.58 Å². The lowest BCUT2D eigenvalue weighted by molar-refractivity contribution is -0.135. The molecule has 0 spiro atoms. The fourth-order valence-corrected chi connectivity index (χ4v) is 1.38. The molecule has 4 nitrogen and oxygen atoms in total. The minimum atomic E-state index is -4.55. The van der Waals surface area contributed by atoms with Crippen molar-refractivity contribution >= 4 is 17.2 Å². The summed E-state index contributed by atoms with van der Waals surface area (Å²) in [5, 5.41) is 1.63. The number of anilines is 1. The molecule has 110 valence electrons. The number of nitrogens with one attached hydrogen (secondary N) is 1. The molecule has 0 heterocycles. The van der Waals surface area contributed by atoms with Gasteiger partial charge in [-0.05, 0) is 6.07 Å². The zero-order chi connectivity index (χ0) is 15.5. The number of methoxy groups -OCH3 is 1. The second-order valence-corrected chi connectivity index (χ2v) is 3.85. The lowest BCUT2D eigenvalue weighted by atomic mass is 10.0. The maximum absolute atomic E-state index is 13.4. The third kappa shape index (κ3) is 3.87. The van der Waals surface area contributed by atoms with Gasteiger partial charge in [0, 0.05) is 17.2 Å². The monoisotopic (exact) mass is 292 g/mol. The first-order valence-electron chi connectivity index (χ1n) is 5.33. The fourth-order valence-electron chi connectivity index (χ4n) is 1.38. The number of nitrogens with two attached hydrogens (primary N) is 1. The Morgan fingerprint density at radius 2 is 2.05 bits per heavy atom. The van der Waals surface area contributed by atoms with Gasteiger partial charge in [0.05, 0.1) is 12.8 Å². The van der Waals surface area contributed by atoms with E-state index in [-0.39, 0.29) is 22.6 Å². The molecule has 0 fully saturated rings. The van der Waals surface area contributed by atoms with Crippen molar-refractivity contribution in [2.75, 3.05) is 19.4 Å². The summed E-state index contributed by atoms with van der Waals surface area (Å²) in [5.74, 6) is -1.87. The summed E-state index contributed by atoms with van der Waals surface area (Å²) in [7, 11) is 1.25. The number of hydrogen-bond acceptors (Lipinski definition) is 3. The van der Waals surface area contributed by atoms with E-state index in [1.807, 2.05) is 0 Å². The number of ether oxygens (including phenoxy) is 1. The summed E-state index contributed by atoms with van der Waals surface area (Å²) in [6.45, 7) is 1.83. The zero-order valence-corrected chi connectivity index (χ0v) is 10.5. The minimum Gasteiger partial charge on any atom is -0.496 e. The highest BCUT2D eigenvalue weighted by atomic mass is 19.4. The third-order valence-corrected chi connectivity index (χ3v) is 2.37. The van der Waals surface area contributed by atoms with Gasteiger partial charge in [-0.3, -0.25) is 4.79 Å². The molecule has 0 aromatic heterocycles. The molecule has 0 radical (unpaired) electrons. The molecule has 0 unspecified atom stereocenters. The molecule has 8 heteroatoms. The maximum atomic E-state index is 13.4. The molecule has 1 aromatic carbocycles. The predicted octanol–water partition coefficient (Wildman–Crippen LogP) is 2.11. The molecule has 0 atom stereocenters. The highest BCUT2D eigenvalue weighted by molar-refractivity contribution is 6.19. The fraction of sp³-hybridized carbons (Fsp3) is 0.250. The van der Waals surface area contributed by atoms with Gasteiger partial charge in [0.1, 0.15) is 18.1 Å². The van der Waals surface area contributed by atoms with Crippen LogP contribution < -0.4 is 15.8 Å². The van der Waals surface area contributed by atoms with E-state index in [0.29, 0.717) is 0 Å². The lowest BCUT2D eigenvalue weighted by Crippen LogP contribution is -2.34. The summed E-state index contributed by atoms with van der Waals surface area (Å²) in [6.07, 6.45) is -4.55. The Morgan fingerprint density at radius 3 is 2.55 bits per heavy atom. The molecule has 1 rings (SSSR count). The number of alkyl halides is 3. The minimum absolute atomic E-state index is 0.0380. The normalized spacial score (nSPS) is 11.1. The zero-order valence-electron chi connectivity index (χ0n) is 10.5. The van der Waals surface area contributed by atoms with Crippen LogP contribution in [0.25, 0.3) is 5.57 Å². The van der Waals surface area contributed by atoms with Crippen LogP contribution >= 0.6 is 0 Å². The van der Waals surface area contributed by atoms with Crippen LogP contribution in [0.15, 0.2) is 18.7 Å². The highest BCUT2D eigenvalue weighted by Gasteiger charge is 2.28. The van der Waals surface area contributed by atoms with Crippen LogP contribution in [0.2, 0.25) is 0 Å². The van der Waals surface area contributed by atoms with Crippen molar-refractivity contribution < 1.29 is 27.1 Å². The van der Waals surface area contributed by atoms with E-state index >= 15 is 0 Å². The van der Waals surface area contributed by atoms with Crippen molar-refractivity contribution in [3.05, 3.63) is 30.1 Å². The number of amides is 1. The van der Waals surface area contributed by atoms with Crippen molar-refractivity contribution in [1.29, 1.82) is 0 Å². The Labute approximate surface area is 112 Å². The van der Waals surface area contributed by atoms with E-state index in [1.54, 1.807) is 5.32 Å². The Balaban J connectivity index is 2.97. The van der Waals surface area contributed by atoms with Gasteiger partial charge in [-0.2, -0.15) is 13.2 Å². The van der Waals surface area contributed by atoms with E-state index in [0.717, 1.165) is 12.1 Å². The predicted molar refractivity (Wildman–Crippen MR) is 65.5 cm³/mol. The van der Waals surface area contributed by atoms with Crippen molar-refractivity contribution in [3.8, 4) is 5.75 Å². The van der Waals surface area contributed by atoms with Gasteiger partial charge in [-0.1, -0.05) is 6.58 Å². The average Bonchev–Trinajstić information content (AvgIpc) is 2.36. The molecule has 0 saturated carbocycles. The SMILES string of the molecule is C=C(C(=O)NCC(F)(F)F)c1cc(F)c(N)cc1OC. The van der Waals surface area contributed by atoms with E-state index in [9.17, 15) is 22.4 Å². The van der Waals surface area contributed by atoms with Gasteiger partial charge in [0.25, 0.3) is 5.91 Å². The van der Waals surface area contributed by atoms with Gasteiger partial charge in [0.2, 0.25) is 0 Å². The van der Waals surface area contributed by atoms with Gasteiger partial charge in [-0.25, -0.2) is 4.39 Å². The molecule has 3 N–H and O–H groups in total. The third-order valence-electron chi connectivity index (χ3n) is 2.37. The second kappa shape index (κ2) is 5.81. The molecule has 1 amide bonds. The summed E-state index contributed by atoms with van der Waals surface area (Å²) < 4.78 is 54.2. The Morgan fingerprint density at radius 1 is 1.45 bits per heavy atom. The van der Waals surface area contributed by atoms with Gasteiger partial charge in [0.15, 0.2) is 0 Å². The number of carbonyl (C=O) groups is 1. The van der Waals surface area contributed by atoms with Gasteiger partial charge >= 0.3 is 6.18 Å². The van der Waals surface area contributed by atoms with Crippen molar-refractivity contribution in [1.82, 2.24) is 5.32 Å². The molecule has 0 bridgehead atoms. The van der Waals surface area contributed by atoms with E-state index in [4.69, 9.17) is 10.5 Å². The molecule has 0 aliphatic carbocycles. The molecule has 1 aromatic rings. The maximum Gasteiger partial charge on any atom is 0.405 e. The lowest BCUT2D eigenvalue weighted by Gasteiger charge is -2.13. The Hall–Kier alpha value is -2.25. The van der Waals surface area contributed by atoms with Crippen LogP contribution in [0.4, 0.5) is 23.2 Å². The first kappa shape index (κ1) is 15.8.